The number of phenolic OH excluding ortho intramolecular Hbond substituents is 1. The molecule has 1 aromatic heterocycles. The predicted octanol–water partition coefficient (Wildman–Crippen LogP) is 4.22. The molecule has 2 N–H and O–H groups in total. The molecule has 0 bridgehead atoms. The van der Waals surface area contributed by atoms with Gasteiger partial charge in [0.15, 0.2) is 0 Å². The van der Waals surface area contributed by atoms with Gasteiger partial charge in [0, 0.05) is 23.1 Å². The van der Waals surface area contributed by atoms with E-state index in [4.69, 9.17) is 4.74 Å². The van der Waals surface area contributed by atoms with Crippen molar-refractivity contribution in [2.75, 3.05) is 7.11 Å². The van der Waals surface area contributed by atoms with Crippen LogP contribution in [0.15, 0.2) is 82.6 Å². The normalized spacial score (nSPS) is 11.2. The molecule has 0 aliphatic carbocycles. The fourth-order valence-electron chi connectivity index (χ4n) is 3.31. The lowest BCUT2D eigenvalue weighted by molar-refractivity contribution is 0.412. The highest BCUT2D eigenvalue weighted by Crippen LogP contribution is 2.26. The van der Waals surface area contributed by atoms with Crippen LogP contribution in [0.5, 0.6) is 17.4 Å². The van der Waals surface area contributed by atoms with Gasteiger partial charge in [-0.1, -0.05) is 36.4 Å². The predicted molar refractivity (Wildman–Crippen MR) is 117 cm³/mol. The molecular formula is C24H20N2O4. The summed E-state index contributed by atoms with van der Waals surface area (Å²) in [7, 11) is 1.59. The van der Waals surface area contributed by atoms with Crippen molar-refractivity contribution in [2.45, 2.75) is 6.54 Å². The van der Waals surface area contributed by atoms with E-state index in [-0.39, 0.29) is 23.7 Å². The summed E-state index contributed by atoms with van der Waals surface area (Å²) in [6.07, 6.45) is 1.51. The summed E-state index contributed by atoms with van der Waals surface area (Å²) in [5.41, 5.74) is 1.53. The van der Waals surface area contributed by atoms with Crippen molar-refractivity contribution in [2.24, 2.45) is 4.99 Å². The van der Waals surface area contributed by atoms with E-state index in [1.54, 1.807) is 49.6 Å². The first kappa shape index (κ1) is 19.3. The minimum absolute atomic E-state index is 0.100. The Balaban J connectivity index is 1.83. The monoisotopic (exact) mass is 400 g/mol. The van der Waals surface area contributed by atoms with Crippen LogP contribution >= 0.6 is 0 Å². The summed E-state index contributed by atoms with van der Waals surface area (Å²) in [5.74, 6) is 0.648. The van der Waals surface area contributed by atoms with Gasteiger partial charge in [-0.05, 0) is 35.9 Å². The Morgan fingerprint density at radius 1 is 0.967 bits per heavy atom. The van der Waals surface area contributed by atoms with Crippen molar-refractivity contribution < 1.29 is 14.9 Å². The lowest BCUT2D eigenvalue weighted by Crippen LogP contribution is -2.22. The molecule has 0 atom stereocenters. The molecule has 4 aromatic rings. The second-order valence-corrected chi connectivity index (χ2v) is 6.80. The van der Waals surface area contributed by atoms with Crippen molar-refractivity contribution >= 4 is 22.7 Å². The van der Waals surface area contributed by atoms with E-state index in [9.17, 15) is 15.0 Å². The smallest absolute Gasteiger partial charge is 0.261 e. The zero-order valence-corrected chi connectivity index (χ0v) is 16.3. The number of ether oxygens (including phenoxy) is 1. The first-order valence-electron chi connectivity index (χ1n) is 9.37. The van der Waals surface area contributed by atoms with Crippen molar-refractivity contribution in [3.63, 3.8) is 0 Å². The van der Waals surface area contributed by atoms with E-state index in [0.717, 1.165) is 5.56 Å². The summed E-state index contributed by atoms with van der Waals surface area (Å²) in [4.78, 5) is 17.4. The number of nitrogens with zero attached hydrogens (tertiary/aromatic N) is 2. The number of benzene rings is 3. The second-order valence-electron chi connectivity index (χ2n) is 6.80. The Bertz CT molecular complexity index is 1290. The van der Waals surface area contributed by atoms with E-state index in [2.05, 4.69) is 4.99 Å². The highest BCUT2D eigenvalue weighted by molar-refractivity contribution is 6.02. The number of pyridine rings is 1. The van der Waals surface area contributed by atoms with Gasteiger partial charge in [0.05, 0.1) is 24.9 Å². The molecule has 150 valence electrons. The van der Waals surface area contributed by atoms with Crippen molar-refractivity contribution in [1.82, 2.24) is 4.57 Å². The first-order chi connectivity index (χ1) is 14.6. The fourth-order valence-corrected chi connectivity index (χ4v) is 3.31. The Morgan fingerprint density at radius 2 is 1.70 bits per heavy atom. The van der Waals surface area contributed by atoms with Crippen LogP contribution in [0.25, 0.3) is 10.8 Å². The Hall–Kier alpha value is -4.06. The van der Waals surface area contributed by atoms with Crippen LogP contribution in [0, 0.1) is 0 Å². The van der Waals surface area contributed by atoms with Crippen molar-refractivity contribution in [3.05, 3.63) is 94.3 Å². The average molecular weight is 400 g/mol. The van der Waals surface area contributed by atoms with E-state index in [0.29, 0.717) is 27.8 Å². The molecule has 0 fully saturated rings. The van der Waals surface area contributed by atoms with Crippen LogP contribution in [0.4, 0.5) is 5.69 Å². The molecular weight excluding hydrogens is 380 g/mol. The lowest BCUT2D eigenvalue weighted by atomic mass is 10.1. The molecule has 0 saturated carbocycles. The summed E-state index contributed by atoms with van der Waals surface area (Å²) >= 11 is 0. The summed E-state index contributed by atoms with van der Waals surface area (Å²) < 4.78 is 6.50. The minimum Gasteiger partial charge on any atom is -0.508 e. The SMILES string of the molecule is COc1ccc(Cn2c(O)c(C=Nc3cccc(O)c3)c3ccccc3c2=O)cc1. The van der Waals surface area contributed by atoms with Gasteiger partial charge in [0.25, 0.3) is 5.56 Å². The summed E-state index contributed by atoms with van der Waals surface area (Å²) in [6.45, 7) is 0.201. The third kappa shape index (κ3) is 3.75. The number of rotatable bonds is 5. The molecule has 30 heavy (non-hydrogen) atoms. The van der Waals surface area contributed by atoms with Crippen LogP contribution in [-0.4, -0.2) is 28.1 Å². The van der Waals surface area contributed by atoms with E-state index in [1.807, 2.05) is 24.3 Å². The molecule has 0 radical (unpaired) electrons. The third-order valence-corrected chi connectivity index (χ3v) is 4.86. The number of methoxy groups -OCH3 is 1. The number of aromatic nitrogens is 1. The molecule has 4 rings (SSSR count). The molecule has 0 aliphatic heterocycles. The maximum atomic E-state index is 13.0. The maximum Gasteiger partial charge on any atom is 0.261 e. The highest BCUT2D eigenvalue weighted by atomic mass is 16.5. The van der Waals surface area contributed by atoms with Gasteiger partial charge in [-0.3, -0.25) is 14.4 Å². The first-order valence-corrected chi connectivity index (χ1v) is 9.37. The number of hydrogen-bond acceptors (Lipinski definition) is 5. The molecule has 1 heterocycles. The Kier molecular flexibility index (Phi) is 5.22. The maximum absolute atomic E-state index is 13.0. The van der Waals surface area contributed by atoms with Crippen LogP contribution < -0.4 is 10.3 Å². The Labute approximate surface area is 173 Å². The van der Waals surface area contributed by atoms with Gasteiger partial charge in [0.2, 0.25) is 5.88 Å². The Morgan fingerprint density at radius 3 is 2.40 bits per heavy atom. The number of phenols is 1. The van der Waals surface area contributed by atoms with Crippen LogP contribution in [-0.2, 0) is 6.54 Å². The second kappa shape index (κ2) is 8.13. The number of aromatic hydroxyl groups is 2. The number of aliphatic imine (C=N–C) groups is 1. The van der Waals surface area contributed by atoms with Gasteiger partial charge in [-0.25, -0.2) is 0 Å². The van der Waals surface area contributed by atoms with E-state index >= 15 is 0 Å². The van der Waals surface area contributed by atoms with Gasteiger partial charge in [-0.2, -0.15) is 0 Å². The van der Waals surface area contributed by atoms with Gasteiger partial charge in [0.1, 0.15) is 11.5 Å². The largest absolute Gasteiger partial charge is 0.508 e. The van der Waals surface area contributed by atoms with Crippen molar-refractivity contribution in [3.8, 4) is 17.4 Å². The molecule has 0 aliphatic rings. The number of fused-ring (bicyclic) bond motifs is 1. The quantitative estimate of drug-likeness (QED) is 0.491. The van der Waals surface area contributed by atoms with E-state index < -0.39 is 0 Å². The van der Waals surface area contributed by atoms with Crippen LogP contribution in [0.2, 0.25) is 0 Å². The standard InChI is InChI=1S/C24H20N2O4/c1-30-19-11-9-16(10-12-19)15-26-23(28)21-8-3-2-7-20(21)22(24(26)29)14-25-17-5-4-6-18(27)13-17/h2-14,27,29H,15H2,1H3. The summed E-state index contributed by atoms with van der Waals surface area (Å²) in [5, 5.41) is 21.7. The molecule has 3 aromatic carbocycles. The zero-order chi connectivity index (χ0) is 21.1. The van der Waals surface area contributed by atoms with Gasteiger partial charge < -0.3 is 14.9 Å². The fraction of sp³-hybridized carbons (Fsp3) is 0.0833. The average Bonchev–Trinajstić information content (AvgIpc) is 2.77. The van der Waals surface area contributed by atoms with Gasteiger partial charge >= 0.3 is 0 Å². The molecule has 6 heteroatoms. The van der Waals surface area contributed by atoms with E-state index in [1.165, 1.54) is 16.8 Å². The van der Waals surface area contributed by atoms with Crippen molar-refractivity contribution in [1.29, 1.82) is 0 Å². The topological polar surface area (TPSA) is 84.1 Å². The molecule has 0 spiro atoms. The van der Waals surface area contributed by atoms with Crippen LogP contribution in [0.1, 0.15) is 11.1 Å². The molecule has 0 amide bonds. The third-order valence-electron chi connectivity index (χ3n) is 4.86. The minimum atomic E-state index is -0.284. The lowest BCUT2D eigenvalue weighted by Gasteiger charge is -2.14. The van der Waals surface area contributed by atoms with Gasteiger partial charge in [-0.15, -0.1) is 0 Å². The molecule has 0 unspecified atom stereocenters. The highest BCUT2D eigenvalue weighted by Gasteiger charge is 2.15. The summed E-state index contributed by atoms with van der Waals surface area (Å²) in [6, 6.07) is 20.9. The van der Waals surface area contributed by atoms with Crippen LogP contribution in [0.3, 0.4) is 0 Å². The molecule has 6 nitrogen and oxygen atoms in total. The number of hydrogen-bond donors (Lipinski definition) is 2. The molecule has 0 saturated heterocycles. The zero-order valence-electron chi connectivity index (χ0n) is 16.3.